The number of hydrogen-bond acceptors (Lipinski definition) is 4. The number of aliphatic hydroxyl groups excluding tert-OH is 1. The Balaban J connectivity index is 2.01. The molecule has 3 atom stereocenters. The second kappa shape index (κ2) is 6.41. The van der Waals surface area contributed by atoms with Gasteiger partial charge < -0.3 is 16.2 Å². The van der Waals surface area contributed by atoms with Crippen molar-refractivity contribution in [2.75, 3.05) is 24.1 Å². The predicted octanol–water partition coefficient (Wildman–Crippen LogP) is 1.44. The van der Waals surface area contributed by atoms with Crippen molar-refractivity contribution in [3.8, 4) is 0 Å². The minimum Gasteiger partial charge on any atom is -0.399 e. The van der Waals surface area contributed by atoms with E-state index in [9.17, 15) is 14.3 Å². The van der Waals surface area contributed by atoms with Crippen molar-refractivity contribution in [2.24, 2.45) is 5.92 Å². The third-order valence-corrected chi connectivity index (χ3v) is 4.07. The van der Waals surface area contributed by atoms with E-state index in [4.69, 9.17) is 5.73 Å². The van der Waals surface area contributed by atoms with Gasteiger partial charge in [0.05, 0.1) is 17.8 Å². The molecule has 0 aromatic heterocycles. The average molecular weight is 295 g/mol. The maximum absolute atomic E-state index is 13.6. The Labute approximate surface area is 123 Å². The van der Waals surface area contributed by atoms with E-state index in [0.717, 1.165) is 0 Å². The molecule has 1 aliphatic heterocycles. The minimum absolute atomic E-state index is 0.0944. The molecule has 3 unspecified atom stereocenters. The standard InChI is InChI=1S/C15H22FN3O2/c1-9-8-19(6-5-14(9)20)10(2)15(21)18-13-7-11(17)3-4-12(13)16/h3-4,7,9-10,14,20H,5-6,8,17H2,1-2H3,(H,18,21). The summed E-state index contributed by atoms with van der Waals surface area (Å²) in [5.74, 6) is -0.659. The maximum atomic E-state index is 13.6. The molecular formula is C15H22FN3O2. The molecule has 2 rings (SSSR count). The molecule has 5 nitrogen and oxygen atoms in total. The van der Waals surface area contributed by atoms with E-state index in [1.807, 2.05) is 11.8 Å². The van der Waals surface area contributed by atoms with E-state index in [-0.39, 0.29) is 29.7 Å². The average Bonchev–Trinajstić information content (AvgIpc) is 2.45. The fourth-order valence-corrected chi connectivity index (χ4v) is 2.56. The van der Waals surface area contributed by atoms with Crippen LogP contribution in [0.25, 0.3) is 0 Å². The van der Waals surface area contributed by atoms with Gasteiger partial charge in [0.25, 0.3) is 0 Å². The van der Waals surface area contributed by atoms with Crippen LogP contribution in [0.2, 0.25) is 0 Å². The number of nitrogens with two attached hydrogens (primary N) is 1. The first-order valence-electron chi connectivity index (χ1n) is 7.16. The number of aliphatic hydroxyl groups is 1. The van der Waals surface area contributed by atoms with Crippen LogP contribution in [-0.4, -0.2) is 41.1 Å². The van der Waals surface area contributed by atoms with E-state index in [1.54, 1.807) is 6.92 Å². The fraction of sp³-hybridized carbons (Fsp3) is 0.533. The smallest absolute Gasteiger partial charge is 0.241 e. The molecule has 0 spiro atoms. The van der Waals surface area contributed by atoms with Gasteiger partial charge in [-0.1, -0.05) is 6.92 Å². The van der Waals surface area contributed by atoms with Crippen molar-refractivity contribution >= 4 is 17.3 Å². The summed E-state index contributed by atoms with van der Waals surface area (Å²) in [6.45, 7) is 5.04. The number of nitrogen functional groups attached to an aromatic ring is 1. The lowest BCUT2D eigenvalue weighted by Gasteiger charge is -2.37. The van der Waals surface area contributed by atoms with Gasteiger partial charge in [-0.15, -0.1) is 0 Å². The first-order valence-corrected chi connectivity index (χ1v) is 7.16. The number of hydrogen-bond donors (Lipinski definition) is 3. The number of carbonyl (C=O) groups is 1. The summed E-state index contributed by atoms with van der Waals surface area (Å²) < 4.78 is 13.6. The molecule has 1 amide bonds. The summed E-state index contributed by atoms with van der Waals surface area (Å²) in [6, 6.07) is 3.69. The zero-order valence-corrected chi connectivity index (χ0v) is 12.3. The van der Waals surface area contributed by atoms with Crippen LogP contribution < -0.4 is 11.1 Å². The topological polar surface area (TPSA) is 78.6 Å². The summed E-state index contributed by atoms with van der Waals surface area (Å²) in [5.41, 5.74) is 6.09. The minimum atomic E-state index is -0.507. The van der Waals surface area contributed by atoms with Crippen LogP contribution in [-0.2, 0) is 4.79 Å². The van der Waals surface area contributed by atoms with Gasteiger partial charge in [-0.2, -0.15) is 0 Å². The van der Waals surface area contributed by atoms with Gasteiger partial charge in [-0.25, -0.2) is 4.39 Å². The van der Waals surface area contributed by atoms with E-state index in [0.29, 0.717) is 25.2 Å². The van der Waals surface area contributed by atoms with Gasteiger partial charge >= 0.3 is 0 Å². The molecule has 1 fully saturated rings. The quantitative estimate of drug-likeness (QED) is 0.737. The first-order chi connectivity index (χ1) is 9.88. The van der Waals surface area contributed by atoms with Crippen molar-refractivity contribution in [2.45, 2.75) is 32.4 Å². The highest BCUT2D eigenvalue weighted by molar-refractivity contribution is 5.95. The number of benzene rings is 1. The lowest BCUT2D eigenvalue weighted by atomic mass is 9.95. The molecule has 1 heterocycles. The fourth-order valence-electron chi connectivity index (χ4n) is 2.56. The van der Waals surface area contributed by atoms with Crippen LogP contribution in [0.3, 0.4) is 0 Å². The van der Waals surface area contributed by atoms with E-state index in [1.165, 1.54) is 18.2 Å². The van der Waals surface area contributed by atoms with E-state index >= 15 is 0 Å². The van der Waals surface area contributed by atoms with Crippen molar-refractivity contribution in [1.29, 1.82) is 0 Å². The van der Waals surface area contributed by atoms with Gasteiger partial charge in [0.15, 0.2) is 0 Å². The molecule has 6 heteroatoms. The monoisotopic (exact) mass is 295 g/mol. The van der Waals surface area contributed by atoms with Gasteiger partial charge in [0.2, 0.25) is 5.91 Å². The van der Waals surface area contributed by atoms with Crippen molar-refractivity contribution < 1.29 is 14.3 Å². The first kappa shape index (κ1) is 15.7. The number of carbonyl (C=O) groups excluding carboxylic acids is 1. The number of likely N-dealkylation sites (tertiary alicyclic amines) is 1. The summed E-state index contributed by atoms with van der Waals surface area (Å²) in [6.07, 6.45) is 0.327. The number of piperidine rings is 1. The normalized spacial score (nSPS) is 24.6. The van der Waals surface area contributed by atoms with Crippen LogP contribution in [0.15, 0.2) is 18.2 Å². The molecule has 21 heavy (non-hydrogen) atoms. The Bertz CT molecular complexity index is 524. The number of nitrogens with zero attached hydrogens (tertiary/aromatic N) is 1. The van der Waals surface area contributed by atoms with Gasteiger partial charge in [0.1, 0.15) is 5.82 Å². The SMILES string of the molecule is CC1CN(C(C)C(=O)Nc2cc(N)ccc2F)CCC1O. The molecule has 0 saturated carbocycles. The maximum Gasteiger partial charge on any atom is 0.241 e. The molecular weight excluding hydrogens is 273 g/mol. The molecule has 1 aromatic rings. The Morgan fingerprint density at radius 1 is 1.57 bits per heavy atom. The molecule has 0 bridgehead atoms. The number of anilines is 2. The molecule has 0 aliphatic carbocycles. The van der Waals surface area contributed by atoms with E-state index < -0.39 is 5.82 Å². The highest BCUT2D eigenvalue weighted by atomic mass is 19.1. The zero-order chi connectivity index (χ0) is 15.6. The Morgan fingerprint density at radius 3 is 2.95 bits per heavy atom. The van der Waals surface area contributed by atoms with Gasteiger partial charge in [0, 0.05) is 18.8 Å². The summed E-state index contributed by atoms with van der Waals surface area (Å²) in [5, 5.41) is 12.3. The summed E-state index contributed by atoms with van der Waals surface area (Å²) in [4.78, 5) is 14.2. The van der Waals surface area contributed by atoms with Gasteiger partial charge in [-0.05, 0) is 37.5 Å². The molecule has 1 aliphatic rings. The molecule has 4 N–H and O–H groups in total. The van der Waals surface area contributed by atoms with E-state index in [2.05, 4.69) is 5.32 Å². The summed E-state index contributed by atoms with van der Waals surface area (Å²) >= 11 is 0. The lowest BCUT2D eigenvalue weighted by molar-refractivity contribution is -0.122. The predicted molar refractivity (Wildman–Crippen MR) is 80.3 cm³/mol. The van der Waals surface area contributed by atoms with Crippen LogP contribution >= 0.6 is 0 Å². The van der Waals surface area contributed by atoms with Crippen molar-refractivity contribution in [3.05, 3.63) is 24.0 Å². The van der Waals surface area contributed by atoms with Crippen LogP contribution in [0.1, 0.15) is 20.3 Å². The zero-order valence-electron chi connectivity index (χ0n) is 12.3. The molecule has 116 valence electrons. The van der Waals surface area contributed by atoms with Crippen molar-refractivity contribution in [3.63, 3.8) is 0 Å². The van der Waals surface area contributed by atoms with Crippen LogP contribution in [0.5, 0.6) is 0 Å². The second-order valence-corrected chi connectivity index (χ2v) is 5.73. The molecule has 1 saturated heterocycles. The van der Waals surface area contributed by atoms with Crippen molar-refractivity contribution in [1.82, 2.24) is 4.90 Å². The van der Waals surface area contributed by atoms with Gasteiger partial charge in [-0.3, -0.25) is 9.69 Å². The number of rotatable bonds is 3. The highest BCUT2D eigenvalue weighted by Gasteiger charge is 2.30. The van der Waals surface area contributed by atoms with Crippen LogP contribution in [0, 0.1) is 11.7 Å². The van der Waals surface area contributed by atoms with Crippen LogP contribution in [0.4, 0.5) is 15.8 Å². The second-order valence-electron chi connectivity index (χ2n) is 5.73. The Morgan fingerprint density at radius 2 is 2.29 bits per heavy atom. The summed E-state index contributed by atoms with van der Waals surface area (Å²) in [7, 11) is 0. The lowest BCUT2D eigenvalue weighted by Crippen LogP contribution is -2.50. The third-order valence-electron chi connectivity index (χ3n) is 4.07. The highest BCUT2D eigenvalue weighted by Crippen LogP contribution is 2.21. The number of halogens is 1. The molecule has 0 radical (unpaired) electrons. The molecule has 1 aromatic carbocycles. The Kier molecular flexibility index (Phi) is 4.80. The number of amides is 1. The largest absolute Gasteiger partial charge is 0.399 e. The number of nitrogens with one attached hydrogen (secondary N) is 1. The third kappa shape index (κ3) is 3.71. The Hall–Kier alpha value is -1.66.